The number of aryl methyl sites for hydroxylation is 1. The highest BCUT2D eigenvalue weighted by Gasteiger charge is 2.41. The van der Waals surface area contributed by atoms with E-state index in [1.54, 1.807) is 45.1 Å². The molecule has 1 unspecified atom stereocenters. The predicted octanol–water partition coefficient (Wildman–Crippen LogP) is 4.14. The van der Waals surface area contributed by atoms with Gasteiger partial charge < -0.3 is 19.1 Å². The molecule has 0 aliphatic carbocycles. The molecule has 3 aromatic rings. The number of fused-ring (bicyclic) bond motifs is 1. The highest BCUT2D eigenvalue weighted by atomic mass is 16.5. The second kappa shape index (κ2) is 9.44. The van der Waals surface area contributed by atoms with Crippen LogP contribution in [0, 0.1) is 0 Å². The van der Waals surface area contributed by atoms with E-state index in [0.29, 0.717) is 18.8 Å². The molecule has 0 N–H and O–H groups in total. The third-order valence-corrected chi connectivity index (χ3v) is 6.65. The fourth-order valence-electron chi connectivity index (χ4n) is 4.58. The molecule has 184 valence electrons. The summed E-state index contributed by atoms with van der Waals surface area (Å²) in [7, 11) is 5.14. The van der Waals surface area contributed by atoms with Gasteiger partial charge in [0.15, 0.2) is 0 Å². The van der Waals surface area contributed by atoms with Crippen molar-refractivity contribution in [2.45, 2.75) is 39.8 Å². The number of nitrogens with zero attached hydrogens (tertiary/aromatic N) is 4. The molecule has 0 saturated carbocycles. The van der Waals surface area contributed by atoms with Crippen LogP contribution in [0.3, 0.4) is 0 Å². The molecule has 4 amide bonds. The first-order valence-electron chi connectivity index (χ1n) is 11.9. The largest absolute Gasteiger partial charge is 0.494 e. The summed E-state index contributed by atoms with van der Waals surface area (Å²) in [6.07, 6.45) is 0.257. The summed E-state index contributed by atoms with van der Waals surface area (Å²) < 4.78 is 7.92. The van der Waals surface area contributed by atoms with Crippen LogP contribution >= 0.6 is 0 Å². The first kappa shape index (κ1) is 24.3. The zero-order valence-corrected chi connectivity index (χ0v) is 21.2. The molecule has 1 aliphatic heterocycles. The quantitative estimate of drug-likeness (QED) is 0.480. The predicted molar refractivity (Wildman–Crippen MR) is 137 cm³/mol. The highest BCUT2D eigenvalue weighted by Crippen LogP contribution is 2.37. The van der Waals surface area contributed by atoms with Gasteiger partial charge in [0, 0.05) is 39.1 Å². The van der Waals surface area contributed by atoms with Crippen molar-refractivity contribution in [3.8, 4) is 17.0 Å². The van der Waals surface area contributed by atoms with E-state index in [1.165, 1.54) is 9.80 Å². The summed E-state index contributed by atoms with van der Waals surface area (Å²) in [6, 6.07) is 12.5. The average molecular weight is 477 g/mol. The van der Waals surface area contributed by atoms with Crippen molar-refractivity contribution in [2.75, 3.05) is 32.6 Å². The first-order chi connectivity index (χ1) is 16.7. The number of hydrogen-bond donors (Lipinski definition) is 0. The van der Waals surface area contributed by atoms with Crippen LogP contribution in [0.2, 0.25) is 0 Å². The SMILES string of the molecule is CCOc1ccc2c(CC(=O)N(C)C)c(-c3ccc(N4C(=O)C(C)N(C)C4=O)cc3)n(CC)c2c1. The maximum absolute atomic E-state index is 12.8. The van der Waals surface area contributed by atoms with Crippen LogP contribution < -0.4 is 9.64 Å². The number of imide groups is 1. The molecule has 0 bridgehead atoms. The lowest BCUT2D eigenvalue weighted by atomic mass is 10.0. The second-order valence-corrected chi connectivity index (χ2v) is 8.94. The highest BCUT2D eigenvalue weighted by molar-refractivity contribution is 6.21. The molecule has 1 aliphatic rings. The van der Waals surface area contributed by atoms with Crippen LogP contribution in [0.15, 0.2) is 42.5 Å². The van der Waals surface area contributed by atoms with Crippen molar-refractivity contribution < 1.29 is 19.1 Å². The van der Waals surface area contributed by atoms with Crippen LogP contribution in [0.1, 0.15) is 26.3 Å². The molecule has 4 rings (SSSR count). The number of urea groups is 1. The lowest BCUT2D eigenvalue weighted by Crippen LogP contribution is -2.31. The van der Waals surface area contributed by atoms with Gasteiger partial charge in [-0.25, -0.2) is 9.69 Å². The number of ether oxygens (including phenoxy) is 1. The fraction of sp³-hybridized carbons (Fsp3) is 0.370. The van der Waals surface area contributed by atoms with Crippen molar-refractivity contribution in [2.24, 2.45) is 0 Å². The normalized spacial score (nSPS) is 15.9. The second-order valence-electron chi connectivity index (χ2n) is 8.94. The molecular formula is C27H32N4O4. The van der Waals surface area contributed by atoms with Crippen molar-refractivity contribution in [3.63, 3.8) is 0 Å². The summed E-state index contributed by atoms with van der Waals surface area (Å²) >= 11 is 0. The Morgan fingerprint density at radius 2 is 1.74 bits per heavy atom. The third-order valence-electron chi connectivity index (χ3n) is 6.65. The maximum Gasteiger partial charge on any atom is 0.331 e. The number of likely N-dealkylation sites (N-methyl/N-ethyl adjacent to an activating group) is 2. The number of amides is 4. The number of carbonyl (C=O) groups excluding carboxylic acids is 3. The molecule has 0 spiro atoms. The summed E-state index contributed by atoms with van der Waals surface area (Å²) in [5.41, 5.74) is 4.33. The van der Waals surface area contributed by atoms with Gasteiger partial charge in [0.2, 0.25) is 5.91 Å². The summed E-state index contributed by atoms with van der Waals surface area (Å²) in [6.45, 7) is 7.01. The van der Waals surface area contributed by atoms with E-state index < -0.39 is 6.04 Å². The molecule has 2 aromatic carbocycles. The molecular weight excluding hydrogens is 444 g/mol. The molecule has 1 fully saturated rings. The van der Waals surface area contributed by atoms with Crippen LogP contribution in [0.4, 0.5) is 10.5 Å². The van der Waals surface area contributed by atoms with Crippen LogP contribution in [-0.2, 0) is 22.6 Å². The van der Waals surface area contributed by atoms with Crippen LogP contribution in [0.5, 0.6) is 5.75 Å². The minimum absolute atomic E-state index is 0.0113. The van der Waals surface area contributed by atoms with Gasteiger partial charge in [0.1, 0.15) is 11.8 Å². The van der Waals surface area contributed by atoms with Gasteiger partial charge in [-0.15, -0.1) is 0 Å². The minimum atomic E-state index is -0.493. The van der Waals surface area contributed by atoms with Crippen molar-refractivity contribution in [1.82, 2.24) is 14.4 Å². The molecule has 1 aromatic heterocycles. The number of carbonyl (C=O) groups is 3. The van der Waals surface area contributed by atoms with Gasteiger partial charge in [0.05, 0.1) is 29.9 Å². The van der Waals surface area contributed by atoms with Gasteiger partial charge in [-0.05, 0) is 56.2 Å². The van der Waals surface area contributed by atoms with E-state index in [9.17, 15) is 14.4 Å². The smallest absolute Gasteiger partial charge is 0.331 e. The van der Waals surface area contributed by atoms with Gasteiger partial charge >= 0.3 is 6.03 Å². The first-order valence-corrected chi connectivity index (χ1v) is 11.9. The van der Waals surface area contributed by atoms with E-state index in [-0.39, 0.29) is 24.3 Å². The molecule has 35 heavy (non-hydrogen) atoms. The van der Waals surface area contributed by atoms with Crippen LogP contribution in [0.25, 0.3) is 22.2 Å². The van der Waals surface area contributed by atoms with Crippen molar-refractivity contribution in [1.29, 1.82) is 0 Å². The van der Waals surface area contributed by atoms with E-state index in [2.05, 4.69) is 11.5 Å². The molecule has 8 nitrogen and oxygen atoms in total. The Morgan fingerprint density at radius 3 is 2.29 bits per heavy atom. The third kappa shape index (κ3) is 4.13. The van der Waals surface area contributed by atoms with Crippen LogP contribution in [-0.4, -0.2) is 66.0 Å². The zero-order valence-electron chi connectivity index (χ0n) is 21.2. The summed E-state index contributed by atoms with van der Waals surface area (Å²) in [5.74, 6) is 0.551. The average Bonchev–Trinajstić information content (AvgIpc) is 3.25. The lowest BCUT2D eigenvalue weighted by molar-refractivity contribution is -0.128. The Hall–Kier alpha value is -3.81. The van der Waals surface area contributed by atoms with E-state index in [0.717, 1.165) is 33.5 Å². The Labute approximate surface area is 205 Å². The molecule has 1 saturated heterocycles. The molecule has 8 heteroatoms. The summed E-state index contributed by atoms with van der Waals surface area (Å²) in [5, 5.41) is 1.00. The minimum Gasteiger partial charge on any atom is -0.494 e. The van der Waals surface area contributed by atoms with Gasteiger partial charge in [-0.3, -0.25) is 9.59 Å². The number of hydrogen-bond acceptors (Lipinski definition) is 4. The van der Waals surface area contributed by atoms with E-state index in [4.69, 9.17) is 4.74 Å². The van der Waals surface area contributed by atoms with Crippen molar-refractivity contribution in [3.05, 3.63) is 48.0 Å². The molecule has 0 radical (unpaired) electrons. The van der Waals surface area contributed by atoms with Crippen molar-refractivity contribution >= 4 is 34.4 Å². The molecule has 1 atom stereocenters. The Balaban J connectivity index is 1.85. The number of anilines is 1. The standard InChI is InChI=1S/C27H32N4O4/c1-7-30-23-15-20(35-8-2)13-14-21(23)22(16-24(32)28(4)5)25(30)18-9-11-19(12-10-18)31-26(33)17(3)29(6)27(31)34/h9-15,17H,7-8,16H2,1-6H3. The Kier molecular flexibility index (Phi) is 6.56. The topological polar surface area (TPSA) is 75.1 Å². The molecule has 2 heterocycles. The maximum atomic E-state index is 12.8. The number of aromatic nitrogens is 1. The lowest BCUT2D eigenvalue weighted by Gasteiger charge is -2.16. The van der Waals surface area contributed by atoms with E-state index in [1.807, 2.05) is 37.3 Å². The number of rotatable bonds is 7. The number of benzene rings is 2. The monoisotopic (exact) mass is 476 g/mol. The summed E-state index contributed by atoms with van der Waals surface area (Å²) in [4.78, 5) is 42.2. The Morgan fingerprint density at radius 1 is 1.06 bits per heavy atom. The fourth-order valence-corrected chi connectivity index (χ4v) is 4.58. The zero-order chi connectivity index (χ0) is 25.4. The Bertz CT molecular complexity index is 1270. The van der Waals surface area contributed by atoms with E-state index >= 15 is 0 Å². The van der Waals surface area contributed by atoms with Gasteiger partial charge in [-0.2, -0.15) is 0 Å². The van der Waals surface area contributed by atoms with Gasteiger partial charge in [0.25, 0.3) is 5.91 Å². The van der Waals surface area contributed by atoms with Gasteiger partial charge in [-0.1, -0.05) is 12.1 Å².